The molecule has 0 fully saturated rings. The molecule has 4 rings (SSSR count). The second-order valence-electron chi connectivity index (χ2n) is 5.87. The van der Waals surface area contributed by atoms with Gasteiger partial charge in [-0.15, -0.1) is 0 Å². The number of carbonyl (C=O) groups excluding carboxylic acids is 1. The molecule has 0 atom stereocenters. The Labute approximate surface area is 178 Å². The van der Waals surface area contributed by atoms with E-state index in [-0.39, 0.29) is 12.8 Å². The third-order valence-electron chi connectivity index (χ3n) is 4.02. The van der Waals surface area contributed by atoms with Gasteiger partial charge >= 0.3 is 5.97 Å². The van der Waals surface area contributed by atoms with Crippen molar-refractivity contribution in [2.45, 2.75) is 13.8 Å². The van der Waals surface area contributed by atoms with Crippen LogP contribution in [0.2, 0.25) is 0 Å². The van der Waals surface area contributed by atoms with E-state index in [1.54, 1.807) is 6.08 Å². The molecule has 0 radical (unpaired) electrons. The molecule has 0 saturated heterocycles. The lowest BCUT2D eigenvalue weighted by Crippen LogP contribution is -1.93. The molecule has 2 aliphatic heterocycles. The summed E-state index contributed by atoms with van der Waals surface area (Å²) in [6, 6.07) is 7.63. The van der Waals surface area contributed by atoms with Gasteiger partial charge in [-0.2, -0.15) is 0 Å². The van der Waals surface area contributed by atoms with Gasteiger partial charge in [0.15, 0.2) is 23.0 Å². The number of hydrogen-bond donors (Lipinski definition) is 0. The second kappa shape index (κ2) is 10.7. The maximum Gasteiger partial charge on any atom is 0.330 e. The fraction of sp³-hybridized carbons (Fsp3) is 0.286. The van der Waals surface area contributed by atoms with E-state index in [1.165, 1.54) is 13.2 Å². The molecule has 2 aliphatic rings. The number of methoxy groups -OCH3 is 1. The molecule has 0 aromatic heterocycles. The summed E-state index contributed by atoms with van der Waals surface area (Å²) in [6.07, 6.45) is 3.08. The molecular formula is C21H22BrFO6. The van der Waals surface area contributed by atoms with Crippen molar-refractivity contribution in [3.05, 3.63) is 51.5 Å². The minimum atomic E-state index is -1.00. The largest absolute Gasteiger partial charge is 0.466 e. The Bertz CT molecular complexity index is 890. The van der Waals surface area contributed by atoms with Crippen LogP contribution in [0.5, 0.6) is 23.0 Å². The van der Waals surface area contributed by atoms with Crippen LogP contribution in [-0.2, 0) is 9.53 Å². The Morgan fingerprint density at radius 3 is 2.07 bits per heavy atom. The molecule has 2 aromatic carbocycles. The van der Waals surface area contributed by atoms with E-state index in [0.717, 1.165) is 38.4 Å². The van der Waals surface area contributed by atoms with Gasteiger partial charge in [-0.1, -0.05) is 15.9 Å². The number of ether oxygens (including phenoxy) is 5. The fourth-order valence-corrected chi connectivity index (χ4v) is 2.81. The van der Waals surface area contributed by atoms with Crippen LogP contribution in [0.1, 0.15) is 18.1 Å². The van der Waals surface area contributed by atoms with Crippen LogP contribution < -0.4 is 18.9 Å². The zero-order valence-corrected chi connectivity index (χ0v) is 17.9. The van der Waals surface area contributed by atoms with Crippen LogP contribution in [-0.4, -0.2) is 33.8 Å². The number of hydrogen-bond acceptors (Lipinski definition) is 6. The first-order valence-corrected chi connectivity index (χ1v) is 9.26. The summed E-state index contributed by atoms with van der Waals surface area (Å²) in [4.78, 5) is 11.0. The summed E-state index contributed by atoms with van der Waals surface area (Å²) in [5.41, 5.74) is 3.09. The molecule has 2 heterocycles. The Morgan fingerprint density at radius 2 is 1.52 bits per heavy atom. The number of rotatable bonds is 2. The van der Waals surface area contributed by atoms with Crippen LogP contribution in [0.25, 0.3) is 6.08 Å². The molecule has 0 bridgehead atoms. The monoisotopic (exact) mass is 469 g/mol. The van der Waals surface area contributed by atoms with Crippen molar-refractivity contribution in [2.24, 2.45) is 0 Å². The standard InChI is InChI=1S/C12H12O4.C8H7BrO2.CH3F/c1-8-5-10-11(16-7-15-10)6-9(8)3-4-12(13)14-2;1-5-2-7-8(3-6(5)9)11-4-10-7;1-2/h3-6H,7H2,1-2H3;2-3H,4H2,1H3;1H3/b4-3+;;/i;;1D. The molecule has 0 N–H and O–H groups in total. The van der Waals surface area contributed by atoms with Crippen molar-refractivity contribution >= 4 is 28.0 Å². The minimum absolute atomic E-state index is 0.249. The van der Waals surface area contributed by atoms with Gasteiger partial charge in [0.2, 0.25) is 13.6 Å². The van der Waals surface area contributed by atoms with Gasteiger partial charge in [-0.05, 0) is 60.9 Å². The average Bonchev–Trinajstić information content (AvgIpc) is 3.36. The second-order valence-corrected chi connectivity index (χ2v) is 6.73. The summed E-state index contributed by atoms with van der Waals surface area (Å²) in [6.45, 7) is 4.55. The van der Waals surface area contributed by atoms with Gasteiger partial charge < -0.3 is 23.7 Å². The molecule has 0 amide bonds. The zero-order valence-electron chi connectivity index (χ0n) is 17.3. The van der Waals surface area contributed by atoms with Gasteiger partial charge in [-0.25, -0.2) is 4.79 Å². The average molecular weight is 470 g/mol. The summed E-state index contributed by atoms with van der Waals surface area (Å²) in [5.74, 6) is 2.73. The summed E-state index contributed by atoms with van der Waals surface area (Å²) >= 11 is 3.41. The smallest absolute Gasteiger partial charge is 0.330 e. The Kier molecular flexibility index (Phi) is 7.75. The molecule has 0 aliphatic carbocycles. The van der Waals surface area contributed by atoms with E-state index in [2.05, 4.69) is 20.7 Å². The van der Waals surface area contributed by atoms with Gasteiger partial charge in [0.05, 0.1) is 15.6 Å². The quantitative estimate of drug-likeness (QED) is 0.456. The van der Waals surface area contributed by atoms with Crippen LogP contribution in [0.4, 0.5) is 4.39 Å². The minimum Gasteiger partial charge on any atom is -0.466 e. The number of esters is 1. The first-order chi connectivity index (χ1) is 14.4. The summed E-state index contributed by atoms with van der Waals surface area (Å²) in [7, 11) is 0.346. The molecule has 0 spiro atoms. The van der Waals surface area contributed by atoms with Gasteiger partial charge in [0, 0.05) is 10.5 Å². The zero-order chi connectivity index (χ0) is 22.1. The van der Waals surface area contributed by atoms with Crippen molar-refractivity contribution in [1.82, 2.24) is 0 Å². The van der Waals surface area contributed by atoms with Crippen molar-refractivity contribution < 1.29 is 34.2 Å². The topological polar surface area (TPSA) is 63.2 Å². The van der Waals surface area contributed by atoms with E-state index in [0.29, 0.717) is 12.5 Å². The molecule has 29 heavy (non-hydrogen) atoms. The van der Waals surface area contributed by atoms with E-state index >= 15 is 0 Å². The van der Waals surface area contributed by atoms with Crippen LogP contribution in [0.15, 0.2) is 34.8 Å². The number of alkyl halides is 1. The Balaban J connectivity index is 0.000000198. The highest BCUT2D eigenvalue weighted by Crippen LogP contribution is 2.36. The van der Waals surface area contributed by atoms with Crippen molar-refractivity contribution in [3.63, 3.8) is 0 Å². The number of fused-ring (bicyclic) bond motifs is 2. The third-order valence-corrected chi connectivity index (χ3v) is 4.87. The molecule has 8 heteroatoms. The third kappa shape index (κ3) is 5.87. The summed E-state index contributed by atoms with van der Waals surface area (Å²) in [5, 5.41) is 0. The van der Waals surface area contributed by atoms with Crippen LogP contribution >= 0.6 is 15.9 Å². The van der Waals surface area contributed by atoms with Crippen molar-refractivity contribution in [1.29, 1.82) is 0 Å². The van der Waals surface area contributed by atoms with Crippen LogP contribution in [0, 0.1) is 13.8 Å². The molecule has 6 nitrogen and oxygen atoms in total. The molecular weight excluding hydrogens is 447 g/mol. The number of benzene rings is 2. The highest BCUT2D eigenvalue weighted by atomic mass is 79.9. The SMILES string of the molecule is COC(=O)/C=C/c1cc2c(cc1C)OCO2.Cc1cc2c(cc1Br)OCO2.[2H]CF. The van der Waals surface area contributed by atoms with E-state index < -0.39 is 7.15 Å². The number of carbonyl (C=O) groups is 1. The molecule has 2 aromatic rings. The van der Waals surface area contributed by atoms with E-state index in [4.69, 9.17) is 20.3 Å². The predicted molar refractivity (Wildman–Crippen MR) is 110 cm³/mol. The highest BCUT2D eigenvalue weighted by molar-refractivity contribution is 9.10. The molecule has 0 saturated carbocycles. The number of halogens is 2. The normalized spacial score (nSPS) is 13.1. The lowest BCUT2D eigenvalue weighted by Gasteiger charge is -2.02. The highest BCUT2D eigenvalue weighted by Gasteiger charge is 2.15. The predicted octanol–water partition coefficient (Wildman–Crippen LogP) is 4.98. The maximum atomic E-state index is 11.0. The lowest BCUT2D eigenvalue weighted by atomic mass is 10.1. The molecule has 156 valence electrons. The Hall–Kier alpha value is -2.74. The lowest BCUT2D eigenvalue weighted by molar-refractivity contribution is -0.134. The van der Waals surface area contributed by atoms with E-state index in [1.807, 2.05) is 38.1 Å². The van der Waals surface area contributed by atoms with Gasteiger partial charge in [0.25, 0.3) is 0 Å². The van der Waals surface area contributed by atoms with Crippen molar-refractivity contribution in [2.75, 3.05) is 27.8 Å². The first kappa shape index (κ1) is 21.0. The van der Waals surface area contributed by atoms with Crippen LogP contribution in [0.3, 0.4) is 0 Å². The summed E-state index contributed by atoms with van der Waals surface area (Å²) < 4.78 is 42.0. The Morgan fingerprint density at radius 1 is 1.03 bits per heavy atom. The maximum absolute atomic E-state index is 11.0. The first-order valence-electron chi connectivity index (χ1n) is 9.17. The van der Waals surface area contributed by atoms with Gasteiger partial charge in [-0.3, -0.25) is 4.39 Å². The number of aryl methyl sites for hydroxylation is 2. The fourth-order valence-electron chi connectivity index (χ4n) is 2.48. The van der Waals surface area contributed by atoms with E-state index in [9.17, 15) is 9.18 Å². The molecule has 0 unspecified atom stereocenters. The van der Waals surface area contributed by atoms with Crippen molar-refractivity contribution in [3.8, 4) is 23.0 Å². The van der Waals surface area contributed by atoms with Gasteiger partial charge in [0.1, 0.15) is 0 Å².